The molecule has 3 atom stereocenters. The Morgan fingerprint density at radius 3 is 2.24 bits per heavy atom. The zero-order valence-electron chi connectivity index (χ0n) is 27.2. The van der Waals surface area contributed by atoms with E-state index in [1.807, 2.05) is 54.6 Å². The van der Waals surface area contributed by atoms with Crippen LogP contribution < -0.4 is 31.2 Å². The summed E-state index contributed by atoms with van der Waals surface area (Å²) in [6, 6.07) is 26.9. The molecule has 4 aromatic carbocycles. The molecule has 3 amide bonds. The number of ether oxygens (including phenoxy) is 2. The Labute approximate surface area is 293 Å². The van der Waals surface area contributed by atoms with Gasteiger partial charge in [0.2, 0.25) is 17.7 Å². The third kappa shape index (κ3) is 7.76. The zero-order chi connectivity index (χ0) is 36.1. The van der Waals surface area contributed by atoms with Gasteiger partial charge in [0.1, 0.15) is 5.37 Å². The molecule has 0 saturated carbocycles. The van der Waals surface area contributed by atoms with Crippen LogP contribution in [-0.2, 0) is 15.4 Å². The first-order valence-electron chi connectivity index (χ1n) is 15.5. The minimum Gasteiger partial charge on any atom is -0.493 e. The predicted molar refractivity (Wildman–Crippen MR) is 188 cm³/mol. The SMILES string of the molecule is CCOc1cc(C(O)(O)C(N)(O)NC(=O)CC2SC(c3ccc(C#Cc4ccccc4)cc3)N(c3cccc(C(N)=O)c3)C2=O)ccc1OC. The summed E-state index contributed by atoms with van der Waals surface area (Å²) in [5.41, 5.74) is 14.0. The number of primary amides is 1. The maximum absolute atomic E-state index is 13.9. The van der Waals surface area contributed by atoms with Gasteiger partial charge in [-0.15, -0.1) is 11.8 Å². The molecule has 8 N–H and O–H groups in total. The van der Waals surface area contributed by atoms with Crippen molar-refractivity contribution >= 4 is 35.2 Å². The number of methoxy groups -OCH3 is 1. The third-order valence-corrected chi connectivity index (χ3v) is 9.31. The summed E-state index contributed by atoms with van der Waals surface area (Å²) in [5.74, 6) is -1.71. The first-order valence-corrected chi connectivity index (χ1v) is 16.4. The highest BCUT2D eigenvalue weighted by atomic mass is 32.2. The maximum atomic E-state index is 13.9. The van der Waals surface area contributed by atoms with Crippen molar-refractivity contribution < 1.29 is 39.2 Å². The highest BCUT2D eigenvalue weighted by Crippen LogP contribution is 2.47. The lowest BCUT2D eigenvalue weighted by Gasteiger charge is -2.37. The summed E-state index contributed by atoms with van der Waals surface area (Å²) in [6.07, 6.45) is -0.491. The quantitative estimate of drug-likeness (QED) is 0.100. The molecule has 0 aliphatic carbocycles. The molecule has 4 aromatic rings. The van der Waals surface area contributed by atoms with E-state index < -0.39 is 46.4 Å². The number of rotatable bonds is 11. The van der Waals surface area contributed by atoms with Gasteiger partial charge in [-0.05, 0) is 73.2 Å². The molecule has 5 rings (SSSR count). The summed E-state index contributed by atoms with van der Waals surface area (Å²) in [7, 11) is 1.40. The summed E-state index contributed by atoms with van der Waals surface area (Å²) in [4.78, 5) is 40.7. The average Bonchev–Trinajstić information content (AvgIpc) is 3.42. The number of aliphatic hydroxyl groups is 3. The van der Waals surface area contributed by atoms with E-state index in [4.69, 9.17) is 20.9 Å². The molecule has 1 fully saturated rings. The number of amides is 3. The summed E-state index contributed by atoms with van der Waals surface area (Å²) in [6.45, 7) is 1.95. The van der Waals surface area contributed by atoms with Gasteiger partial charge in [0.15, 0.2) is 11.5 Å². The van der Waals surface area contributed by atoms with E-state index in [2.05, 4.69) is 17.2 Å². The fourth-order valence-corrected chi connectivity index (χ4v) is 6.73. The molecule has 0 bridgehead atoms. The van der Waals surface area contributed by atoms with E-state index in [1.54, 1.807) is 19.1 Å². The Morgan fingerprint density at radius 2 is 1.60 bits per heavy atom. The Morgan fingerprint density at radius 1 is 0.920 bits per heavy atom. The lowest BCUT2D eigenvalue weighted by atomic mass is 9.99. The fourth-order valence-electron chi connectivity index (χ4n) is 5.28. The molecule has 0 spiro atoms. The molecule has 1 aliphatic rings. The summed E-state index contributed by atoms with van der Waals surface area (Å²) >= 11 is 1.16. The lowest BCUT2D eigenvalue weighted by Crippen LogP contribution is -2.69. The summed E-state index contributed by atoms with van der Waals surface area (Å²) in [5, 5.41) is 33.3. The molecular formula is C37H36N4O8S. The monoisotopic (exact) mass is 696 g/mol. The molecule has 258 valence electrons. The summed E-state index contributed by atoms with van der Waals surface area (Å²) < 4.78 is 10.7. The van der Waals surface area contributed by atoms with E-state index in [9.17, 15) is 29.7 Å². The standard InChI is InChI=1S/C37H36N4O8S/c1-3-49-30-21-27(18-19-29(30)48-2)36(45,46)37(39,47)40-32(42)22-31-34(44)41(28-11-7-10-26(20-28)33(38)43)35(50-31)25-16-14-24(15-17-25)13-12-23-8-5-4-6-9-23/h4-11,14-21,31,35,45-47H,3,22,39H2,1-2H3,(H2,38,43)(H,40,42). The molecule has 1 heterocycles. The van der Waals surface area contributed by atoms with Crippen molar-refractivity contribution in [1.29, 1.82) is 0 Å². The molecule has 3 unspecified atom stereocenters. The number of nitrogens with two attached hydrogens (primary N) is 2. The van der Waals surface area contributed by atoms with Gasteiger partial charge >= 0.3 is 0 Å². The third-order valence-electron chi connectivity index (χ3n) is 7.87. The topological polar surface area (TPSA) is 198 Å². The van der Waals surface area contributed by atoms with Crippen molar-refractivity contribution in [3.63, 3.8) is 0 Å². The van der Waals surface area contributed by atoms with Gasteiger partial charge in [0.05, 0.1) is 19.0 Å². The van der Waals surface area contributed by atoms with Crippen molar-refractivity contribution in [1.82, 2.24) is 5.32 Å². The Balaban J connectivity index is 1.38. The Bertz CT molecular complexity index is 1940. The van der Waals surface area contributed by atoms with Gasteiger partial charge in [-0.1, -0.05) is 48.2 Å². The second-order valence-electron chi connectivity index (χ2n) is 11.3. The number of nitrogens with one attached hydrogen (secondary N) is 1. The van der Waals surface area contributed by atoms with Crippen LogP contribution in [0.15, 0.2) is 97.1 Å². The van der Waals surface area contributed by atoms with E-state index in [1.165, 1.54) is 42.3 Å². The maximum Gasteiger partial charge on any atom is 0.254 e. The highest BCUT2D eigenvalue weighted by molar-refractivity contribution is 8.01. The second kappa shape index (κ2) is 15.0. The number of benzene rings is 4. The largest absolute Gasteiger partial charge is 0.493 e. The number of hydrogen-bond donors (Lipinski definition) is 6. The fraction of sp³-hybridized carbons (Fsp3) is 0.216. The van der Waals surface area contributed by atoms with Crippen LogP contribution >= 0.6 is 11.8 Å². The van der Waals surface area contributed by atoms with Crippen molar-refractivity contribution in [3.05, 3.63) is 125 Å². The van der Waals surface area contributed by atoms with Crippen LogP contribution in [-0.4, -0.2) is 57.9 Å². The van der Waals surface area contributed by atoms with Crippen LogP contribution in [0.2, 0.25) is 0 Å². The smallest absolute Gasteiger partial charge is 0.254 e. The molecule has 50 heavy (non-hydrogen) atoms. The molecule has 13 heteroatoms. The molecule has 12 nitrogen and oxygen atoms in total. The second-order valence-corrected chi connectivity index (χ2v) is 12.6. The van der Waals surface area contributed by atoms with Gasteiger partial charge in [0.25, 0.3) is 11.6 Å². The van der Waals surface area contributed by atoms with Crippen LogP contribution in [0, 0.1) is 11.8 Å². The average molecular weight is 697 g/mol. The van der Waals surface area contributed by atoms with Gasteiger partial charge in [0, 0.05) is 34.4 Å². The van der Waals surface area contributed by atoms with Crippen LogP contribution in [0.25, 0.3) is 0 Å². The van der Waals surface area contributed by atoms with Gasteiger partial charge in [-0.3, -0.25) is 25.0 Å². The first kappa shape index (κ1) is 35.9. The highest BCUT2D eigenvalue weighted by Gasteiger charge is 2.50. The van der Waals surface area contributed by atoms with Crippen molar-refractivity contribution in [2.24, 2.45) is 11.5 Å². The zero-order valence-corrected chi connectivity index (χ0v) is 28.0. The Kier molecular flexibility index (Phi) is 10.8. The van der Waals surface area contributed by atoms with E-state index in [0.29, 0.717) is 17.0 Å². The molecule has 0 radical (unpaired) electrons. The number of hydrogen-bond acceptors (Lipinski definition) is 10. The Hall–Kier alpha value is -5.36. The van der Waals surface area contributed by atoms with Crippen LogP contribution in [0.1, 0.15) is 51.3 Å². The van der Waals surface area contributed by atoms with Crippen LogP contribution in [0.3, 0.4) is 0 Å². The first-order chi connectivity index (χ1) is 23.8. The van der Waals surface area contributed by atoms with Crippen LogP contribution in [0.4, 0.5) is 5.69 Å². The van der Waals surface area contributed by atoms with Crippen molar-refractivity contribution in [3.8, 4) is 23.3 Å². The normalized spacial score (nSPS) is 16.9. The van der Waals surface area contributed by atoms with E-state index in [0.717, 1.165) is 22.9 Å². The molecule has 1 saturated heterocycles. The molecule has 1 aliphatic heterocycles. The minimum atomic E-state index is -3.19. The van der Waals surface area contributed by atoms with Gasteiger partial charge in [-0.2, -0.15) is 0 Å². The minimum absolute atomic E-state index is 0.151. The van der Waals surface area contributed by atoms with Gasteiger partial charge in [-0.25, -0.2) is 0 Å². The number of carbonyl (C=O) groups is 3. The van der Waals surface area contributed by atoms with Crippen molar-refractivity contribution in [2.45, 2.75) is 35.6 Å². The predicted octanol–water partition coefficient (Wildman–Crippen LogP) is 2.69. The number of thioether (sulfide) groups is 1. The van der Waals surface area contributed by atoms with Crippen LogP contribution in [0.5, 0.6) is 11.5 Å². The van der Waals surface area contributed by atoms with E-state index in [-0.39, 0.29) is 23.5 Å². The molecular weight excluding hydrogens is 660 g/mol. The number of nitrogens with zero attached hydrogens (tertiary/aromatic N) is 1. The van der Waals surface area contributed by atoms with E-state index >= 15 is 0 Å². The number of carbonyl (C=O) groups excluding carboxylic acids is 3. The number of anilines is 1. The van der Waals surface area contributed by atoms with Gasteiger partial charge < -0.3 is 35.8 Å². The molecule has 0 aromatic heterocycles. The van der Waals surface area contributed by atoms with Crippen molar-refractivity contribution in [2.75, 3.05) is 18.6 Å². The lowest BCUT2D eigenvalue weighted by molar-refractivity contribution is -0.292.